The molecule has 0 unspecified atom stereocenters. The number of aryl methyl sites for hydroxylation is 3. The molecular weight excluding hydrogens is 380 g/mol. The summed E-state index contributed by atoms with van der Waals surface area (Å²) in [7, 11) is 0. The predicted molar refractivity (Wildman–Crippen MR) is 112 cm³/mol. The molecule has 1 aliphatic rings. The molecule has 0 radical (unpaired) electrons. The summed E-state index contributed by atoms with van der Waals surface area (Å²) in [6, 6.07) is 10.5. The minimum atomic E-state index is 0.160. The third kappa shape index (κ3) is 4.34. The Morgan fingerprint density at radius 1 is 1.27 bits per heavy atom. The molecule has 156 valence electrons. The van der Waals surface area contributed by atoms with Crippen LogP contribution in [0.3, 0.4) is 0 Å². The van der Waals surface area contributed by atoms with Gasteiger partial charge in [0.15, 0.2) is 17.2 Å². The fourth-order valence-electron chi connectivity index (χ4n) is 4.31. The first-order valence-corrected chi connectivity index (χ1v) is 10.2. The number of fused-ring (bicyclic) bond motifs is 2. The molecule has 0 aliphatic heterocycles. The van der Waals surface area contributed by atoms with Gasteiger partial charge in [0.2, 0.25) is 0 Å². The minimum Gasteiger partial charge on any atom is -0.490 e. The number of rotatable bonds is 5. The van der Waals surface area contributed by atoms with Crippen LogP contribution in [0.5, 0.6) is 5.75 Å². The number of hydrogen-bond acceptors (Lipinski definition) is 5. The van der Waals surface area contributed by atoms with Gasteiger partial charge in [0.25, 0.3) is 0 Å². The van der Waals surface area contributed by atoms with Crippen molar-refractivity contribution in [3.05, 3.63) is 64.6 Å². The summed E-state index contributed by atoms with van der Waals surface area (Å²) < 4.78 is 7.57. The second kappa shape index (κ2) is 9.51. The van der Waals surface area contributed by atoms with Crippen molar-refractivity contribution in [3.8, 4) is 5.75 Å². The lowest BCUT2D eigenvalue weighted by Gasteiger charge is -2.25. The zero-order chi connectivity index (χ0) is 21.7. The zero-order valence-electron chi connectivity index (χ0n) is 17.6. The van der Waals surface area contributed by atoms with E-state index in [2.05, 4.69) is 30.1 Å². The van der Waals surface area contributed by atoms with Crippen molar-refractivity contribution in [1.29, 1.82) is 0 Å². The van der Waals surface area contributed by atoms with Crippen LogP contribution in [-0.4, -0.2) is 27.9 Å². The van der Waals surface area contributed by atoms with Crippen molar-refractivity contribution in [2.75, 3.05) is 6.61 Å². The first kappa shape index (κ1) is 21.5. The van der Waals surface area contributed by atoms with E-state index in [1.54, 1.807) is 0 Å². The van der Waals surface area contributed by atoms with Gasteiger partial charge in [0.1, 0.15) is 5.69 Å². The number of ketones is 1. The van der Waals surface area contributed by atoms with Crippen molar-refractivity contribution in [3.63, 3.8) is 0 Å². The molecule has 1 atom stereocenters. The Balaban J connectivity index is 0.000000806. The van der Waals surface area contributed by atoms with Gasteiger partial charge >= 0.3 is 6.15 Å². The summed E-state index contributed by atoms with van der Waals surface area (Å²) in [5, 5.41) is 0. The average molecular weight is 406 g/mol. The van der Waals surface area contributed by atoms with E-state index in [9.17, 15) is 4.79 Å². The molecule has 0 bridgehead atoms. The van der Waals surface area contributed by atoms with Crippen LogP contribution in [0.2, 0.25) is 0 Å². The number of imidazole rings is 1. The normalized spacial score (nSPS) is 15.0. The Hall–Kier alpha value is -3.24. The quantitative estimate of drug-likeness (QED) is 0.585. The smallest absolute Gasteiger partial charge is 0.373 e. The Bertz CT molecular complexity index is 1090. The molecule has 0 spiro atoms. The number of nitrogens with zero attached hydrogens (tertiary/aromatic N) is 2. The first-order chi connectivity index (χ1) is 14.5. The number of hydrogen-bond donors (Lipinski definition) is 0. The highest BCUT2D eigenvalue weighted by Crippen LogP contribution is 2.36. The Kier molecular flexibility index (Phi) is 6.80. The van der Waals surface area contributed by atoms with E-state index in [4.69, 9.17) is 14.3 Å². The van der Waals surface area contributed by atoms with Crippen LogP contribution in [0.15, 0.2) is 36.5 Å². The third-order valence-electron chi connectivity index (χ3n) is 5.52. The second-order valence-electron chi connectivity index (χ2n) is 7.55. The topological polar surface area (TPSA) is 77.7 Å². The summed E-state index contributed by atoms with van der Waals surface area (Å²) in [6.07, 6.45) is 6.03. The molecule has 0 saturated carbocycles. The van der Waals surface area contributed by atoms with Crippen molar-refractivity contribution < 1.29 is 19.1 Å². The van der Waals surface area contributed by atoms with Crippen molar-refractivity contribution in [1.82, 2.24) is 9.38 Å². The maximum atomic E-state index is 13.3. The largest absolute Gasteiger partial charge is 0.490 e. The van der Waals surface area contributed by atoms with Gasteiger partial charge in [-0.1, -0.05) is 23.8 Å². The van der Waals surface area contributed by atoms with E-state index >= 15 is 0 Å². The number of carbonyl (C=O) groups excluding carboxylic acids is 3. The van der Waals surface area contributed by atoms with Crippen LogP contribution in [0.1, 0.15) is 65.0 Å². The van der Waals surface area contributed by atoms with Crippen LogP contribution in [0.4, 0.5) is 0 Å². The molecular formula is C24H26N2O4. The maximum absolute atomic E-state index is 13.3. The van der Waals surface area contributed by atoms with Gasteiger partial charge in [-0.05, 0) is 69.2 Å². The monoisotopic (exact) mass is 406 g/mol. The van der Waals surface area contributed by atoms with Crippen LogP contribution in [0.25, 0.3) is 5.65 Å². The Labute approximate surface area is 175 Å². The highest BCUT2D eigenvalue weighted by molar-refractivity contribution is 5.97. The minimum absolute atomic E-state index is 0.160. The van der Waals surface area contributed by atoms with Crippen molar-refractivity contribution in [2.24, 2.45) is 0 Å². The van der Waals surface area contributed by atoms with E-state index in [-0.39, 0.29) is 11.9 Å². The molecule has 0 saturated heterocycles. The zero-order valence-corrected chi connectivity index (χ0v) is 17.6. The van der Waals surface area contributed by atoms with E-state index in [0.717, 1.165) is 36.4 Å². The number of ether oxygens (including phenoxy) is 1. The van der Waals surface area contributed by atoms with Gasteiger partial charge < -0.3 is 4.74 Å². The molecule has 6 heteroatoms. The molecule has 4 rings (SSSR count). The molecule has 2 heterocycles. The molecule has 3 aromatic rings. The molecule has 1 aromatic carbocycles. The third-order valence-corrected chi connectivity index (χ3v) is 5.52. The molecule has 6 nitrogen and oxygen atoms in total. The Morgan fingerprint density at radius 2 is 2.03 bits per heavy atom. The standard InChI is InChI=1S/C23H26N2O2.CO2/c1-4-27-21-9-6-12-25-22(16(3)24-23(21)25)20(26)14-18-8-5-7-17-11-10-15(2)13-19(17)18;2-1-3/h6,9-13,18H,4-5,7-8,14H2,1-3H3;/t18-;/m1./s1. The lowest BCUT2D eigenvalue weighted by atomic mass is 9.79. The molecule has 2 aromatic heterocycles. The molecule has 1 aliphatic carbocycles. The van der Waals surface area contributed by atoms with Gasteiger partial charge in [-0.3, -0.25) is 9.20 Å². The number of benzene rings is 1. The summed E-state index contributed by atoms with van der Waals surface area (Å²) >= 11 is 0. The summed E-state index contributed by atoms with van der Waals surface area (Å²) in [5.74, 6) is 1.18. The second-order valence-corrected chi connectivity index (χ2v) is 7.55. The molecule has 0 fully saturated rings. The lowest BCUT2D eigenvalue weighted by molar-refractivity contribution is -0.191. The number of carbonyl (C=O) groups is 1. The number of Topliss-reactive ketones (excluding diaryl/α,β-unsaturated/α-hetero) is 1. The molecule has 0 N–H and O–H groups in total. The van der Waals surface area contributed by atoms with E-state index < -0.39 is 0 Å². The van der Waals surface area contributed by atoms with Crippen molar-refractivity contribution in [2.45, 2.75) is 52.4 Å². The van der Waals surface area contributed by atoms with Crippen LogP contribution >= 0.6 is 0 Å². The number of aromatic nitrogens is 2. The molecule has 0 amide bonds. The fourth-order valence-corrected chi connectivity index (χ4v) is 4.31. The van der Waals surface area contributed by atoms with E-state index in [0.29, 0.717) is 24.6 Å². The van der Waals surface area contributed by atoms with Crippen LogP contribution in [-0.2, 0) is 16.0 Å². The fraction of sp³-hybridized carbons (Fsp3) is 0.375. The summed E-state index contributed by atoms with van der Waals surface area (Å²) in [6.45, 7) is 6.56. The number of pyridine rings is 1. The van der Waals surface area contributed by atoms with Gasteiger partial charge in [-0.2, -0.15) is 9.59 Å². The average Bonchev–Trinajstić information content (AvgIpc) is 3.06. The highest BCUT2D eigenvalue weighted by atomic mass is 16.5. The highest BCUT2D eigenvalue weighted by Gasteiger charge is 2.26. The molecule has 30 heavy (non-hydrogen) atoms. The van der Waals surface area contributed by atoms with Gasteiger partial charge in [-0.25, -0.2) is 4.98 Å². The summed E-state index contributed by atoms with van der Waals surface area (Å²) in [5.41, 5.74) is 6.20. The van der Waals surface area contributed by atoms with Gasteiger partial charge in [0, 0.05) is 12.6 Å². The predicted octanol–water partition coefficient (Wildman–Crippen LogP) is 4.46. The van der Waals surface area contributed by atoms with Crippen LogP contribution in [0, 0.1) is 13.8 Å². The van der Waals surface area contributed by atoms with Gasteiger partial charge in [0.05, 0.1) is 12.3 Å². The summed E-state index contributed by atoms with van der Waals surface area (Å²) in [4.78, 5) is 34.1. The van der Waals surface area contributed by atoms with E-state index in [1.165, 1.54) is 16.7 Å². The lowest BCUT2D eigenvalue weighted by Crippen LogP contribution is -2.16. The van der Waals surface area contributed by atoms with E-state index in [1.807, 2.05) is 36.6 Å². The SMILES string of the molecule is CCOc1cccn2c(C(=O)C[C@H]3CCCc4ccc(C)cc43)c(C)nc12.O=C=O. The maximum Gasteiger partial charge on any atom is 0.373 e. The van der Waals surface area contributed by atoms with Crippen molar-refractivity contribution >= 4 is 17.6 Å². The van der Waals surface area contributed by atoms with Crippen LogP contribution < -0.4 is 4.74 Å². The van der Waals surface area contributed by atoms with Gasteiger partial charge in [-0.15, -0.1) is 0 Å². The first-order valence-electron chi connectivity index (χ1n) is 10.2. The Morgan fingerprint density at radius 3 is 2.77 bits per heavy atom.